The van der Waals surface area contributed by atoms with Crippen LogP contribution in [-0.4, -0.2) is 22.1 Å². The molecule has 2 nitrogen and oxygen atoms in total. The van der Waals surface area contributed by atoms with Gasteiger partial charge in [-0.3, -0.25) is 0 Å². The highest BCUT2D eigenvalue weighted by Crippen LogP contribution is 2.30. The van der Waals surface area contributed by atoms with Crippen molar-refractivity contribution < 1.29 is 10.2 Å². The first kappa shape index (κ1) is 14.9. The summed E-state index contributed by atoms with van der Waals surface area (Å²) in [5.41, 5.74) is 0.941. The monoisotopic (exact) mass is 280 g/mol. The molecule has 1 aliphatic carbocycles. The second-order valence-corrected chi connectivity index (χ2v) is 6.69. The van der Waals surface area contributed by atoms with Crippen molar-refractivity contribution in [1.82, 2.24) is 0 Å². The molecule has 19 heavy (non-hydrogen) atoms. The summed E-state index contributed by atoms with van der Waals surface area (Å²) in [7, 11) is 0. The minimum Gasteiger partial charge on any atom is -0.392 e. The van der Waals surface area contributed by atoms with Crippen molar-refractivity contribution in [3.63, 3.8) is 0 Å². The SMILES string of the molecule is CC(O)c1ccc(SCC(O)CC2CCCC2)cc1. The molecule has 106 valence electrons. The van der Waals surface area contributed by atoms with Gasteiger partial charge in [0.2, 0.25) is 0 Å². The molecule has 0 amide bonds. The molecule has 2 atom stereocenters. The number of hydrogen-bond donors (Lipinski definition) is 2. The molecule has 0 radical (unpaired) electrons. The molecule has 0 heterocycles. The van der Waals surface area contributed by atoms with E-state index >= 15 is 0 Å². The van der Waals surface area contributed by atoms with E-state index in [0.717, 1.165) is 28.6 Å². The van der Waals surface area contributed by atoms with E-state index in [4.69, 9.17) is 0 Å². The van der Waals surface area contributed by atoms with Crippen LogP contribution in [-0.2, 0) is 0 Å². The lowest BCUT2D eigenvalue weighted by Crippen LogP contribution is -2.14. The minimum atomic E-state index is -0.410. The van der Waals surface area contributed by atoms with E-state index in [9.17, 15) is 10.2 Å². The molecule has 0 aromatic heterocycles. The molecular formula is C16H24O2S. The zero-order valence-electron chi connectivity index (χ0n) is 11.6. The Labute approximate surface area is 120 Å². The predicted octanol–water partition coefficient (Wildman–Crippen LogP) is 3.77. The molecule has 0 aliphatic heterocycles. The van der Waals surface area contributed by atoms with E-state index in [0.29, 0.717) is 0 Å². The molecule has 1 aliphatic rings. The van der Waals surface area contributed by atoms with Gasteiger partial charge >= 0.3 is 0 Å². The van der Waals surface area contributed by atoms with E-state index in [1.807, 2.05) is 24.3 Å². The molecule has 1 aromatic carbocycles. The minimum absolute atomic E-state index is 0.190. The lowest BCUT2D eigenvalue weighted by molar-refractivity contribution is 0.166. The van der Waals surface area contributed by atoms with E-state index in [1.54, 1.807) is 18.7 Å². The van der Waals surface area contributed by atoms with Crippen LogP contribution < -0.4 is 0 Å². The maximum Gasteiger partial charge on any atom is 0.0761 e. The van der Waals surface area contributed by atoms with Crippen LogP contribution in [0.3, 0.4) is 0 Å². The van der Waals surface area contributed by atoms with Gasteiger partial charge in [-0.05, 0) is 37.0 Å². The Morgan fingerprint density at radius 2 is 1.79 bits per heavy atom. The van der Waals surface area contributed by atoms with Crippen LogP contribution in [0.5, 0.6) is 0 Å². The van der Waals surface area contributed by atoms with Crippen molar-refractivity contribution in [3.05, 3.63) is 29.8 Å². The number of hydrogen-bond acceptors (Lipinski definition) is 3. The standard InChI is InChI=1S/C16H24O2S/c1-12(17)14-6-8-16(9-7-14)19-11-15(18)10-13-4-2-3-5-13/h6-9,12-13,15,17-18H,2-5,10-11H2,1H3. The average molecular weight is 280 g/mol. The fourth-order valence-corrected chi connectivity index (χ4v) is 3.58. The van der Waals surface area contributed by atoms with Gasteiger partial charge in [0.15, 0.2) is 0 Å². The van der Waals surface area contributed by atoms with Crippen LogP contribution in [0.2, 0.25) is 0 Å². The zero-order chi connectivity index (χ0) is 13.7. The van der Waals surface area contributed by atoms with Gasteiger partial charge in [0.25, 0.3) is 0 Å². The highest BCUT2D eigenvalue weighted by atomic mass is 32.2. The van der Waals surface area contributed by atoms with Crippen LogP contribution in [0.15, 0.2) is 29.2 Å². The van der Waals surface area contributed by atoms with Crippen molar-refractivity contribution in [2.75, 3.05) is 5.75 Å². The van der Waals surface area contributed by atoms with Gasteiger partial charge in [-0.25, -0.2) is 0 Å². The summed E-state index contributed by atoms with van der Waals surface area (Å²) in [5.74, 6) is 1.51. The zero-order valence-corrected chi connectivity index (χ0v) is 12.4. The van der Waals surface area contributed by atoms with Gasteiger partial charge in [0.1, 0.15) is 0 Å². The van der Waals surface area contributed by atoms with Crippen molar-refractivity contribution >= 4 is 11.8 Å². The number of aliphatic hydroxyl groups is 2. The lowest BCUT2D eigenvalue weighted by Gasteiger charge is -2.15. The molecule has 2 N–H and O–H groups in total. The average Bonchev–Trinajstić information content (AvgIpc) is 2.89. The molecule has 0 spiro atoms. The molecule has 2 unspecified atom stereocenters. The summed E-state index contributed by atoms with van der Waals surface area (Å²) in [6, 6.07) is 7.96. The highest BCUT2D eigenvalue weighted by molar-refractivity contribution is 7.99. The quantitative estimate of drug-likeness (QED) is 0.779. The van der Waals surface area contributed by atoms with Gasteiger partial charge in [0.05, 0.1) is 12.2 Å². The number of benzene rings is 1. The predicted molar refractivity (Wildman–Crippen MR) is 80.4 cm³/mol. The summed E-state index contributed by atoms with van der Waals surface area (Å²) in [5, 5.41) is 19.5. The Morgan fingerprint density at radius 1 is 1.16 bits per heavy atom. The van der Waals surface area contributed by atoms with Crippen LogP contribution in [0.1, 0.15) is 50.7 Å². The van der Waals surface area contributed by atoms with E-state index in [1.165, 1.54) is 25.7 Å². The third-order valence-corrected chi connectivity index (χ3v) is 5.04. The van der Waals surface area contributed by atoms with Gasteiger partial charge in [-0.15, -0.1) is 11.8 Å². The largest absolute Gasteiger partial charge is 0.392 e. The number of thioether (sulfide) groups is 1. The second-order valence-electron chi connectivity index (χ2n) is 5.60. The first-order valence-corrected chi connectivity index (χ1v) is 8.22. The third kappa shape index (κ3) is 4.83. The number of rotatable bonds is 6. The molecule has 1 saturated carbocycles. The normalized spacial score (nSPS) is 19.5. The summed E-state index contributed by atoms with van der Waals surface area (Å²) in [6.07, 6.45) is 5.63. The lowest BCUT2D eigenvalue weighted by atomic mass is 10.0. The molecule has 2 rings (SSSR count). The fraction of sp³-hybridized carbons (Fsp3) is 0.625. The maximum absolute atomic E-state index is 10.1. The molecule has 1 aromatic rings. The van der Waals surface area contributed by atoms with Crippen LogP contribution in [0.25, 0.3) is 0 Å². The van der Waals surface area contributed by atoms with Gasteiger partial charge in [0, 0.05) is 10.6 Å². The van der Waals surface area contributed by atoms with E-state index in [2.05, 4.69) is 0 Å². The van der Waals surface area contributed by atoms with Crippen LogP contribution in [0.4, 0.5) is 0 Å². The fourth-order valence-electron chi connectivity index (χ4n) is 2.73. The summed E-state index contributed by atoms with van der Waals surface area (Å²) in [6.45, 7) is 1.77. The Hall–Kier alpha value is -0.510. The smallest absolute Gasteiger partial charge is 0.0761 e. The number of aliphatic hydroxyl groups excluding tert-OH is 2. The summed E-state index contributed by atoms with van der Waals surface area (Å²) in [4.78, 5) is 1.16. The maximum atomic E-state index is 10.1. The molecule has 0 bridgehead atoms. The van der Waals surface area contributed by atoms with Crippen LogP contribution in [0, 0.1) is 5.92 Å². The van der Waals surface area contributed by atoms with Crippen LogP contribution >= 0.6 is 11.8 Å². The second kappa shape index (κ2) is 7.32. The first-order chi connectivity index (χ1) is 9.15. The Kier molecular flexibility index (Phi) is 5.74. The Morgan fingerprint density at radius 3 is 2.37 bits per heavy atom. The Bertz CT molecular complexity index is 369. The first-order valence-electron chi connectivity index (χ1n) is 7.24. The van der Waals surface area contributed by atoms with Gasteiger partial charge < -0.3 is 10.2 Å². The van der Waals surface area contributed by atoms with Crippen molar-refractivity contribution in [2.45, 2.75) is 56.1 Å². The van der Waals surface area contributed by atoms with E-state index < -0.39 is 6.10 Å². The van der Waals surface area contributed by atoms with Crippen molar-refractivity contribution in [2.24, 2.45) is 5.92 Å². The molecule has 3 heteroatoms. The highest BCUT2D eigenvalue weighted by Gasteiger charge is 2.18. The third-order valence-electron chi connectivity index (χ3n) is 3.89. The molecular weight excluding hydrogens is 256 g/mol. The van der Waals surface area contributed by atoms with Gasteiger partial charge in [-0.2, -0.15) is 0 Å². The molecule has 0 saturated heterocycles. The topological polar surface area (TPSA) is 40.5 Å². The molecule has 1 fully saturated rings. The van der Waals surface area contributed by atoms with Gasteiger partial charge in [-0.1, -0.05) is 37.8 Å². The van der Waals surface area contributed by atoms with Crippen molar-refractivity contribution in [1.29, 1.82) is 0 Å². The Balaban J connectivity index is 1.74. The summed E-state index contributed by atoms with van der Waals surface area (Å²) < 4.78 is 0. The van der Waals surface area contributed by atoms with E-state index in [-0.39, 0.29) is 6.10 Å². The summed E-state index contributed by atoms with van der Waals surface area (Å²) >= 11 is 1.70. The van der Waals surface area contributed by atoms with Crippen molar-refractivity contribution in [3.8, 4) is 0 Å².